The number of halogens is 4. The Hall–Kier alpha value is -1.77. The van der Waals surface area contributed by atoms with Gasteiger partial charge in [0.2, 0.25) is 10.0 Å². The second kappa shape index (κ2) is 7.63. The fourth-order valence-corrected chi connectivity index (χ4v) is 3.53. The minimum atomic E-state index is -4.85. The Kier molecular flexibility index (Phi) is 5.97. The Morgan fingerprint density at radius 3 is 2.40 bits per heavy atom. The highest BCUT2D eigenvalue weighted by Crippen LogP contribution is 2.35. The topological polar surface area (TPSA) is 55.4 Å². The van der Waals surface area contributed by atoms with E-state index in [0.29, 0.717) is 11.8 Å². The van der Waals surface area contributed by atoms with Gasteiger partial charge in [-0.2, -0.15) is 13.2 Å². The molecular weight excluding hydrogens is 379 g/mol. The lowest BCUT2D eigenvalue weighted by molar-refractivity contribution is -0.139. The number of hydrogen-bond donors (Lipinski definition) is 1. The molecule has 2 aromatic rings. The van der Waals surface area contributed by atoms with Crippen LogP contribution in [0.4, 0.5) is 13.2 Å². The van der Waals surface area contributed by atoms with Gasteiger partial charge in [-0.05, 0) is 37.3 Å². The molecule has 0 aliphatic rings. The fourth-order valence-electron chi connectivity index (χ4n) is 2.04. The first-order valence-corrected chi connectivity index (χ1v) is 9.04. The van der Waals surface area contributed by atoms with Crippen LogP contribution in [0.15, 0.2) is 53.4 Å². The van der Waals surface area contributed by atoms with Crippen molar-refractivity contribution in [2.24, 2.45) is 0 Å². The lowest BCUT2D eigenvalue weighted by Crippen LogP contribution is -2.34. The summed E-state index contributed by atoms with van der Waals surface area (Å²) in [7, 11) is -4.39. The van der Waals surface area contributed by atoms with Crippen LogP contribution in [0.1, 0.15) is 12.5 Å². The summed E-state index contributed by atoms with van der Waals surface area (Å²) >= 11 is 5.56. The number of benzene rings is 2. The first-order valence-electron chi connectivity index (χ1n) is 7.18. The molecule has 0 bridgehead atoms. The zero-order valence-corrected chi connectivity index (χ0v) is 14.6. The maximum atomic E-state index is 13.1. The second-order valence-corrected chi connectivity index (χ2v) is 7.40. The summed E-state index contributed by atoms with van der Waals surface area (Å²) in [6, 6.07) is 11.2. The monoisotopic (exact) mass is 393 g/mol. The third-order valence-corrected chi connectivity index (χ3v) is 4.89. The van der Waals surface area contributed by atoms with Crippen molar-refractivity contribution in [3.05, 3.63) is 59.1 Å². The van der Waals surface area contributed by atoms with Crippen molar-refractivity contribution >= 4 is 21.6 Å². The smallest absolute Gasteiger partial charge is 0.417 e. The van der Waals surface area contributed by atoms with E-state index in [0.717, 1.165) is 12.1 Å². The van der Waals surface area contributed by atoms with Gasteiger partial charge in [-0.1, -0.05) is 29.8 Å². The van der Waals surface area contributed by atoms with Gasteiger partial charge in [-0.15, -0.1) is 0 Å². The van der Waals surface area contributed by atoms with Crippen molar-refractivity contribution in [3.63, 3.8) is 0 Å². The summed E-state index contributed by atoms with van der Waals surface area (Å²) in [6.07, 6.45) is -5.43. The second-order valence-electron chi connectivity index (χ2n) is 5.23. The summed E-state index contributed by atoms with van der Waals surface area (Å²) in [5.41, 5.74) is -1.32. The Bertz CT molecular complexity index is 826. The Morgan fingerprint density at radius 1 is 1.16 bits per heavy atom. The van der Waals surface area contributed by atoms with Crippen LogP contribution in [0.2, 0.25) is 5.02 Å². The zero-order valence-electron chi connectivity index (χ0n) is 13.0. The first kappa shape index (κ1) is 19.6. The Morgan fingerprint density at radius 2 is 1.80 bits per heavy atom. The quantitative estimate of drug-likeness (QED) is 0.803. The maximum Gasteiger partial charge on any atom is 0.417 e. The highest BCUT2D eigenvalue weighted by atomic mass is 35.5. The van der Waals surface area contributed by atoms with E-state index < -0.39 is 32.8 Å². The molecule has 136 valence electrons. The van der Waals surface area contributed by atoms with Crippen LogP contribution in [-0.2, 0) is 16.2 Å². The van der Waals surface area contributed by atoms with Gasteiger partial charge in [0.25, 0.3) is 0 Å². The van der Waals surface area contributed by atoms with Crippen molar-refractivity contribution in [2.45, 2.75) is 24.1 Å². The summed E-state index contributed by atoms with van der Waals surface area (Å²) in [4.78, 5) is -0.878. The van der Waals surface area contributed by atoms with Crippen molar-refractivity contribution in [1.29, 1.82) is 0 Å². The molecule has 25 heavy (non-hydrogen) atoms. The number of sulfonamides is 1. The molecule has 0 heterocycles. The largest absolute Gasteiger partial charge is 0.489 e. The molecule has 0 fully saturated rings. The molecule has 0 aliphatic carbocycles. The van der Waals surface area contributed by atoms with Crippen LogP contribution in [0, 0.1) is 0 Å². The van der Waals surface area contributed by atoms with Gasteiger partial charge in [0.15, 0.2) is 0 Å². The summed E-state index contributed by atoms with van der Waals surface area (Å²) < 4.78 is 71.3. The van der Waals surface area contributed by atoms with Crippen molar-refractivity contribution in [3.8, 4) is 5.75 Å². The third-order valence-electron chi connectivity index (χ3n) is 3.18. The van der Waals surface area contributed by atoms with Crippen molar-refractivity contribution in [2.75, 3.05) is 6.54 Å². The minimum absolute atomic E-state index is 0.197. The van der Waals surface area contributed by atoms with Crippen LogP contribution < -0.4 is 9.46 Å². The molecule has 0 saturated heterocycles. The fraction of sp³-hybridized carbons (Fsp3) is 0.250. The van der Waals surface area contributed by atoms with Gasteiger partial charge in [-0.25, -0.2) is 13.1 Å². The van der Waals surface area contributed by atoms with Crippen molar-refractivity contribution in [1.82, 2.24) is 4.72 Å². The lowest BCUT2D eigenvalue weighted by atomic mass is 10.2. The molecule has 0 spiro atoms. The molecule has 4 nitrogen and oxygen atoms in total. The third kappa shape index (κ3) is 5.35. The van der Waals surface area contributed by atoms with Gasteiger partial charge in [-0.3, -0.25) is 0 Å². The number of ether oxygens (including phenoxy) is 1. The summed E-state index contributed by atoms with van der Waals surface area (Å²) in [6.45, 7) is 1.40. The van der Waals surface area contributed by atoms with Crippen molar-refractivity contribution < 1.29 is 26.3 Å². The standard InChI is InChI=1S/C16H15ClF3NO3S/c1-11(24-13-5-3-2-4-6-13)10-21-25(22,23)15-8-7-12(17)9-14(15)16(18,19)20/h2-9,11,21H,10H2,1H3. The predicted molar refractivity (Wildman–Crippen MR) is 88.2 cm³/mol. The molecule has 0 amide bonds. The van der Waals surface area contributed by atoms with E-state index in [4.69, 9.17) is 16.3 Å². The van der Waals surface area contributed by atoms with E-state index in [1.165, 1.54) is 0 Å². The van der Waals surface area contributed by atoms with E-state index in [9.17, 15) is 21.6 Å². The van der Waals surface area contributed by atoms with Crippen LogP contribution in [0.3, 0.4) is 0 Å². The highest BCUT2D eigenvalue weighted by Gasteiger charge is 2.37. The van der Waals surface area contributed by atoms with Gasteiger partial charge in [0.1, 0.15) is 11.9 Å². The average molecular weight is 394 g/mol. The molecule has 1 N–H and O–H groups in total. The number of rotatable bonds is 6. The molecule has 0 radical (unpaired) electrons. The van der Waals surface area contributed by atoms with Crippen LogP contribution in [0.5, 0.6) is 5.75 Å². The average Bonchev–Trinajstić information content (AvgIpc) is 2.53. The Balaban J connectivity index is 2.14. The molecule has 9 heteroatoms. The molecule has 1 atom stereocenters. The lowest BCUT2D eigenvalue weighted by Gasteiger charge is -2.17. The summed E-state index contributed by atoms with van der Waals surface area (Å²) in [5, 5.41) is -0.202. The van der Waals surface area contributed by atoms with E-state index in [-0.39, 0.29) is 11.6 Å². The predicted octanol–water partition coefficient (Wildman–Crippen LogP) is 4.10. The number of hydrogen-bond acceptors (Lipinski definition) is 3. The van der Waals surface area contributed by atoms with E-state index >= 15 is 0 Å². The van der Waals surface area contributed by atoms with E-state index in [2.05, 4.69) is 4.72 Å². The normalized spacial score (nSPS) is 13.5. The van der Waals surface area contributed by atoms with Gasteiger partial charge < -0.3 is 4.74 Å². The molecule has 0 aliphatic heterocycles. The van der Waals surface area contributed by atoms with Crippen LogP contribution in [0.25, 0.3) is 0 Å². The van der Waals surface area contributed by atoms with Crippen LogP contribution >= 0.6 is 11.6 Å². The molecule has 2 aromatic carbocycles. The van der Waals surface area contributed by atoms with Gasteiger partial charge >= 0.3 is 6.18 Å². The molecule has 0 saturated carbocycles. The van der Waals surface area contributed by atoms with Gasteiger partial charge in [0, 0.05) is 11.6 Å². The molecule has 2 rings (SSSR count). The number of alkyl halides is 3. The van der Waals surface area contributed by atoms with E-state index in [1.807, 2.05) is 0 Å². The first-order chi connectivity index (χ1) is 11.6. The van der Waals surface area contributed by atoms with Gasteiger partial charge in [0.05, 0.1) is 10.5 Å². The maximum absolute atomic E-state index is 13.1. The zero-order chi connectivity index (χ0) is 18.7. The number of nitrogens with one attached hydrogen (secondary N) is 1. The molecule has 0 aromatic heterocycles. The number of para-hydroxylation sites is 1. The van der Waals surface area contributed by atoms with E-state index in [1.54, 1.807) is 37.3 Å². The molecular formula is C16H15ClF3NO3S. The van der Waals surface area contributed by atoms with Crippen LogP contribution in [-0.4, -0.2) is 21.1 Å². The summed E-state index contributed by atoms with van der Waals surface area (Å²) in [5.74, 6) is 0.525. The minimum Gasteiger partial charge on any atom is -0.489 e. The SMILES string of the molecule is CC(CNS(=O)(=O)c1ccc(Cl)cc1C(F)(F)F)Oc1ccccc1. The molecule has 1 unspecified atom stereocenters. The Labute approximate surface area is 148 Å². The highest BCUT2D eigenvalue weighted by molar-refractivity contribution is 7.89.